The van der Waals surface area contributed by atoms with Crippen molar-refractivity contribution in [1.29, 1.82) is 0 Å². The lowest BCUT2D eigenvalue weighted by molar-refractivity contribution is -0.151. The number of hydrogen-bond donors (Lipinski definition) is 3. The fourth-order valence-electron chi connectivity index (χ4n) is 5.38. The van der Waals surface area contributed by atoms with E-state index in [1.165, 1.54) is 12.0 Å². The maximum Gasteiger partial charge on any atom is 0.315 e. The van der Waals surface area contributed by atoms with Gasteiger partial charge in [0, 0.05) is 31.7 Å². The van der Waals surface area contributed by atoms with Crippen LogP contribution in [0.15, 0.2) is 30.3 Å². The number of nitrogens with one attached hydrogen (secondary N) is 3. The summed E-state index contributed by atoms with van der Waals surface area (Å²) in [5.74, 6) is 0.267. The van der Waals surface area contributed by atoms with Crippen LogP contribution in [-0.2, 0) is 11.2 Å². The molecule has 4 saturated heterocycles. The standard InChI is InChI=1S/C19H24N4O2/c24-16(23-11-18(12-23)10-20-17(25)22-18)19(8-13-4-2-1-3-5-13)9-14-6-7-15(19)21-14/h1-5,14-15,21H,6-12H2,(H2,20,22,25)/t14-,15+,19+/m0/s1. The van der Waals surface area contributed by atoms with E-state index in [1.54, 1.807) is 0 Å². The van der Waals surface area contributed by atoms with Gasteiger partial charge in [-0.1, -0.05) is 30.3 Å². The first-order valence-corrected chi connectivity index (χ1v) is 9.24. The average Bonchev–Trinajstić information content (AvgIpc) is 3.28. The van der Waals surface area contributed by atoms with E-state index in [0.717, 1.165) is 19.3 Å². The molecule has 1 aromatic carbocycles. The van der Waals surface area contributed by atoms with Gasteiger partial charge >= 0.3 is 6.03 Å². The van der Waals surface area contributed by atoms with E-state index in [9.17, 15) is 9.59 Å². The second kappa shape index (κ2) is 5.21. The maximum absolute atomic E-state index is 13.5. The van der Waals surface area contributed by atoms with Crippen LogP contribution in [0.4, 0.5) is 4.79 Å². The third-order valence-corrected chi connectivity index (χ3v) is 6.55. The van der Waals surface area contributed by atoms with Gasteiger partial charge in [-0.15, -0.1) is 0 Å². The Kier molecular flexibility index (Phi) is 3.17. The number of benzene rings is 1. The minimum absolute atomic E-state index is 0.118. The Hall–Kier alpha value is -2.08. The molecule has 2 bridgehead atoms. The highest BCUT2D eigenvalue weighted by atomic mass is 16.2. The molecule has 4 aliphatic rings. The summed E-state index contributed by atoms with van der Waals surface area (Å²) in [6.07, 6.45) is 3.99. The lowest BCUT2D eigenvalue weighted by Gasteiger charge is -2.51. The summed E-state index contributed by atoms with van der Waals surface area (Å²) in [4.78, 5) is 26.9. The van der Waals surface area contributed by atoms with E-state index in [2.05, 4.69) is 28.1 Å². The van der Waals surface area contributed by atoms with E-state index in [4.69, 9.17) is 0 Å². The Balaban J connectivity index is 1.38. The first kappa shape index (κ1) is 15.2. The zero-order valence-electron chi connectivity index (χ0n) is 14.3. The van der Waals surface area contributed by atoms with Crippen molar-refractivity contribution < 1.29 is 9.59 Å². The molecule has 132 valence electrons. The fourth-order valence-corrected chi connectivity index (χ4v) is 5.38. The van der Waals surface area contributed by atoms with Crippen LogP contribution in [0.2, 0.25) is 0 Å². The highest BCUT2D eigenvalue weighted by molar-refractivity contribution is 5.87. The molecule has 25 heavy (non-hydrogen) atoms. The van der Waals surface area contributed by atoms with Crippen molar-refractivity contribution in [1.82, 2.24) is 20.9 Å². The molecule has 4 heterocycles. The van der Waals surface area contributed by atoms with Crippen molar-refractivity contribution in [3.63, 3.8) is 0 Å². The number of rotatable bonds is 3. The van der Waals surface area contributed by atoms with E-state index < -0.39 is 0 Å². The smallest absolute Gasteiger partial charge is 0.315 e. The van der Waals surface area contributed by atoms with Crippen LogP contribution < -0.4 is 16.0 Å². The molecule has 0 aromatic heterocycles. The maximum atomic E-state index is 13.5. The van der Waals surface area contributed by atoms with E-state index >= 15 is 0 Å². The predicted molar refractivity (Wildman–Crippen MR) is 93.0 cm³/mol. The van der Waals surface area contributed by atoms with Crippen molar-refractivity contribution in [2.24, 2.45) is 5.41 Å². The number of amides is 3. The molecular formula is C19H24N4O2. The molecule has 0 unspecified atom stereocenters. The third kappa shape index (κ3) is 2.27. The van der Waals surface area contributed by atoms with Crippen molar-refractivity contribution in [3.05, 3.63) is 35.9 Å². The van der Waals surface area contributed by atoms with Crippen LogP contribution in [0.25, 0.3) is 0 Å². The summed E-state index contributed by atoms with van der Waals surface area (Å²) in [5, 5.41) is 9.46. The lowest BCUT2D eigenvalue weighted by atomic mass is 9.68. The summed E-state index contributed by atoms with van der Waals surface area (Å²) >= 11 is 0. The number of urea groups is 1. The van der Waals surface area contributed by atoms with Gasteiger partial charge in [0.05, 0.1) is 11.0 Å². The van der Waals surface area contributed by atoms with Crippen molar-refractivity contribution in [2.75, 3.05) is 19.6 Å². The van der Waals surface area contributed by atoms with Crippen LogP contribution in [0.1, 0.15) is 24.8 Å². The molecule has 0 saturated carbocycles. The monoisotopic (exact) mass is 340 g/mol. The molecule has 0 radical (unpaired) electrons. The molecule has 3 N–H and O–H groups in total. The predicted octanol–water partition coefficient (Wildman–Crippen LogP) is 0.634. The minimum atomic E-state index is -0.331. The highest BCUT2D eigenvalue weighted by Gasteiger charge is 2.60. The first-order valence-electron chi connectivity index (χ1n) is 9.24. The first-order chi connectivity index (χ1) is 12.1. The van der Waals surface area contributed by atoms with Gasteiger partial charge < -0.3 is 20.9 Å². The number of fused-ring (bicyclic) bond motifs is 2. The summed E-state index contributed by atoms with van der Waals surface area (Å²) in [5.41, 5.74) is 0.657. The second-order valence-electron chi connectivity index (χ2n) is 8.27. The van der Waals surface area contributed by atoms with Gasteiger partial charge in [-0.2, -0.15) is 0 Å². The van der Waals surface area contributed by atoms with Gasteiger partial charge in [0.15, 0.2) is 0 Å². The van der Waals surface area contributed by atoms with Gasteiger partial charge in [0.2, 0.25) is 5.91 Å². The molecule has 4 fully saturated rings. The second-order valence-corrected chi connectivity index (χ2v) is 8.27. The Morgan fingerprint density at radius 3 is 2.60 bits per heavy atom. The van der Waals surface area contributed by atoms with E-state index in [1.807, 2.05) is 23.1 Å². The van der Waals surface area contributed by atoms with Gasteiger partial charge in [-0.25, -0.2) is 4.79 Å². The molecular weight excluding hydrogens is 316 g/mol. The minimum Gasteiger partial charge on any atom is -0.337 e. The summed E-state index contributed by atoms with van der Waals surface area (Å²) in [7, 11) is 0. The van der Waals surface area contributed by atoms with Crippen LogP contribution in [-0.4, -0.2) is 54.1 Å². The summed E-state index contributed by atoms with van der Waals surface area (Å²) in [6.45, 7) is 1.86. The molecule has 5 rings (SSSR count). The molecule has 6 heteroatoms. The topological polar surface area (TPSA) is 73.5 Å². The summed E-state index contributed by atoms with van der Waals surface area (Å²) < 4.78 is 0. The van der Waals surface area contributed by atoms with E-state index in [0.29, 0.717) is 25.7 Å². The van der Waals surface area contributed by atoms with E-state index in [-0.39, 0.29) is 28.9 Å². The number of hydrogen-bond acceptors (Lipinski definition) is 3. The Morgan fingerprint density at radius 1 is 1.20 bits per heavy atom. The van der Waals surface area contributed by atoms with Crippen LogP contribution in [0, 0.1) is 5.41 Å². The molecule has 1 aromatic rings. The van der Waals surface area contributed by atoms with Gasteiger partial charge in [-0.05, 0) is 31.2 Å². The largest absolute Gasteiger partial charge is 0.337 e. The number of carbonyl (C=O) groups excluding carboxylic acids is 2. The number of carbonyl (C=O) groups is 2. The fraction of sp³-hybridized carbons (Fsp3) is 0.579. The number of likely N-dealkylation sites (tertiary alicyclic amines) is 1. The van der Waals surface area contributed by atoms with Crippen molar-refractivity contribution >= 4 is 11.9 Å². The van der Waals surface area contributed by atoms with Crippen LogP contribution in [0.5, 0.6) is 0 Å². The molecule has 4 aliphatic heterocycles. The normalized spacial score (nSPS) is 34.7. The quantitative estimate of drug-likeness (QED) is 0.756. The number of nitrogens with zero attached hydrogens (tertiary/aromatic N) is 1. The Labute approximate surface area is 147 Å². The molecule has 3 amide bonds. The van der Waals surface area contributed by atoms with Crippen LogP contribution in [0.3, 0.4) is 0 Å². The average molecular weight is 340 g/mol. The third-order valence-electron chi connectivity index (χ3n) is 6.55. The van der Waals surface area contributed by atoms with Crippen molar-refractivity contribution in [2.45, 2.75) is 43.3 Å². The van der Waals surface area contributed by atoms with Gasteiger partial charge in [0.25, 0.3) is 0 Å². The molecule has 1 spiro atoms. The Morgan fingerprint density at radius 2 is 2.00 bits per heavy atom. The zero-order chi connectivity index (χ0) is 17.1. The molecule has 0 aliphatic carbocycles. The zero-order valence-corrected chi connectivity index (χ0v) is 14.3. The van der Waals surface area contributed by atoms with Gasteiger partial charge in [-0.3, -0.25) is 4.79 Å². The molecule has 6 nitrogen and oxygen atoms in total. The summed E-state index contributed by atoms with van der Waals surface area (Å²) in [6, 6.07) is 11.0. The molecule has 3 atom stereocenters. The highest BCUT2D eigenvalue weighted by Crippen LogP contribution is 2.48. The van der Waals surface area contributed by atoms with Gasteiger partial charge in [0.1, 0.15) is 0 Å². The van der Waals surface area contributed by atoms with Crippen molar-refractivity contribution in [3.8, 4) is 0 Å². The Bertz CT molecular complexity index is 715. The lowest BCUT2D eigenvalue weighted by Crippen LogP contribution is -2.72. The van der Waals surface area contributed by atoms with Crippen LogP contribution >= 0.6 is 0 Å². The SMILES string of the molecule is O=C1NCC2(CN(C(=O)[C@]3(Cc4ccccc4)C[C@@H]4CC[C@H]3N4)C2)N1.